The number of nitrogens with zero attached hydrogens (tertiary/aromatic N) is 5. The molecular formula is C19H18N6OS2. The van der Waals surface area contributed by atoms with Crippen molar-refractivity contribution in [2.24, 2.45) is 0 Å². The molecular weight excluding hydrogens is 392 g/mol. The zero-order valence-corrected chi connectivity index (χ0v) is 17.2. The lowest BCUT2D eigenvalue weighted by molar-refractivity contribution is -0.113. The summed E-state index contributed by atoms with van der Waals surface area (Å²) in [6, 6.07) is 8.33. The molecule has 1 aliphatic rings. The maximum absolute atomic E-state index is 12.4. The monoisotopic (exact) mass is 410 g/mol. The van der Waals surface area contributed by atoms with Gasteiger partial charge in [-0.2, -0.15) is 9.94 Å². The molecule has 0 saturated carbocycles. The largest absolute Gasteiger partial charge is 0.316 e. The van der Waals surface area contributed by atoms with Crippen molar-refractivity contribution in [2.45, 2.75) is 38.3 Å². The lowest BCUT2D eigenvalue weighted by Crippen LogP contribution is -2.14. The Hall–Kier alpha value is -2.70. The highest BCUT2D eigenvalue weighted by Crippen LogP contribution is 2.38. The standard InChI is InChI=1S/C19H18N6OS2/c1-11-6-12(2)8-13(7-11)25-19(22-23-24-25)27-10-17(26)21-18-15(9-20)14-4-3-5-16(14)28-18/h6-8H,3-5,10H2,1-2H3,(H,21,26). The van der Waals surface area contributed by atoms with Crippen LogP contribution in [0.15, 0.2) is 23.4 Å². The number of hydrogen-bond donors (Lipinski definition) is 1. The second kappa shape index (κ2) is 7.73. The molecule has 0 aliphatic heterocycles. The number of nitrogens with one attached hydrogen (secondary N) is 1. The second-order valence-corrected chi connectivity index (χ2v) is 8.78. The lowest BCUT2D eigenvalue weighted by atomic mass is 10.1. The van der Waals surface area contributed by atoms with Gasteiger partial charge in [-0.15, -0.1) is 16.4 Å². The first-order valence-electron chi connectivity index (χ1n) is 8.89. The molecule has 28 heavy (non-hydrogen) atoms. The van der Waals surface area contributed by atoms with Gasteiger partial charge in [-0.05, 0) is 72.4 Å². The van der Waals surface area contributed by atoms with E-state index in [2.05, 4.69) is 33.0 Å². The first-order chi connectivity index (χ1) is 13.5. The number of rotatable bonds is 5. The van der Waals surface area contributed by atoms with Gasteiger partial charge >= 0.3 is 0 Å². The number of thioether (sulfide) groups is 1. The van der Waals surface area contributed by atoms with E-state index < -0.39 is 0 Å². The van der Waals surface area contributed by atoms with Crippen molar-refractivity contribution >= 4 is 34.0 Å². The normalized spacial score (nSPS) is 12.6. The van der Waals surface area contributed by atoms with Crippen LogP contribution < -0.4 is 5.32 Å². The molecule has 1 amide bonds. The smallest absolute Gasteiger partial charge is 0.235 e. The fourth-order valence-corrected chi connectivity index (χ4v) is 5.35. The fraction of sp³-hybridized carbons (Fsp3) is 0.316. The molecule has 2 aromatic heterocycles. The molecule has 142 valence electrons. The molecule has 1 aliphatic carbocycles. The number of carbonyl (C=O) groups excluding carboxylic acids is 1. The highest BCUT2D eigenvalue weighted by Gasteiger charge is 2.23. The second-order valence-electron chi connectivity index (χ2n) is 6.73. The molecule has 1 N–H and O–H groups in total. The SMILES string of the molecule is Cc1cc(C)cc(-n2nnnc2SCC(=O)Nc2sc3c(c2C#N)CCC3)c1. The van der Waals surface area contributed by atoms with Crippen LogP contribution in [0, 0.1) is 25.2 Å². The van der Waals surface area contributed by atoms with E-state index in [4.69, 9.17) is 0 Å². The van der Waals surface area contributed by atoms with Crippen LogP contribution >= 0.6 is 23.1 Å². The third-order valence-corrected chi connectivity index (χ3v) is 6.64. The summed E-state index contributed by atoms with van der Waals surface area (Å²) in [5, 5.41) is 25.4. The summed E-state index contributed by atoms with van der Waals surface area (Å²) in [6.07, 6.45) is 3.00. The van der Waals surface area contributed by atoms with Gasteiger partial charge in [0.25, 0.3) is 0 Å². The fourth-order valence-electron chi connectivity index (χ4n) is 3.41. The van der Waals surface area contributed by atoms with E-state index in [1.807, 2.05) is 26.0 Å². The van der Waals surface area contributed by atoms with Gasteiger partial charge in [0.2, 0.25) is 11.1 Å². The molecule has 9 heteroatoms. The van der Waals surface area contributed by atoms with Gasteiger partial charge in [-0.3, -0.25) is 4.79 Å². The Kier molecular flexibility index (Phi) is 5.15. The van der Waals surface area contributed by atoms with Crippen molar-refractivity contribution in [2.75, 3.05) is 11.1 Å². The van der Waals surface area contributed by atoms with E-state index in [1.165, 1.54) is 28.0 Å². The Morgan fingerprint density at radius 2 is 2.11 bits per heavy atom. The van der Waals surface area contributed by atoms with E-state index in [0.29, 0.717) is 15.7 Å². The number of hydrogen-bond acceptors (Lipinski definition) is 7. The van der Waals surface area contributed by atoms with Crippen molar-refractivity contribution in [1.82, 2.24) is 20.2 Å². The first kappa shape index (κ1) is 18.7. The van der Waals surface area contributed by atoms with Crippen molar-refractivity contribution in [3.63, 3.8) is 0 Å². The Morgan fingerprint density at radius 3 is 2.86 bits per heavy atom. The summed E-state index contributed by atoms with van der Waals surface area (Å²) in [7, 11) is 0. The zero-order chi connectivity index (χ0) is 19.7. The number of thiophene rings is 1. The number of aryl methyl sites for hydroxylation is 3. The van der Waals surface area contributed by atoms with Crippen LogP contribution in [-0.2, 0) is 17.6 Å². The molecule has 0 bridgehead atoms. The average molecular weight is 411 g/mol. The molecule has 0 spiro atoms. The van der Waals surface area contributed by atoms with Gasteiger partial charge in [0.05, 0.1) is 17.0 Å². The Bertz CT molecular complexity index is 1070. The van der Waals surface area contributed by atoms with Gasteiger partial charge in [-0.25, -0.2) is 0 Å². The van der Waals surface area contributed by atoms with Crippen LogP contribution in [0.1, 0.15) is 33.6 Å². The minimum Gasteiger partial charge on any atom is -0.316 e. The predicted molar refractivity (Wildman–Crippen MR) is 109 cm³/mol. The Balaban J connectivity index is 1.46. The minimum atomic E-state index is -0.170. The average Bonchev–Trinajstić information content (AvgIpc) is 3.34. The van der Waals surface area contributed by atoms with Gasteiger partial charge in [0.1, 0.15) is 11.1 Å². The number of tetrazole rings is 1. The maximum Gasteiger partial charge on any atom is 0.235 e. The molecule has 0 fully saturated rings. The van der Waals surface area contributed by atoms with Crippen molar-refractivity contribution in [3.8, 4) is 11.8 Å². The summed E-state index contributed by atoms with van der Waals surface area (Å²) in [5.74, 6) is -0.00472. The lowest BCUT2D eigenvalue weighted by Gasteiger charge is -2.07. The molecule has 0 saturated heterocycles. The maximum atomic E-state index is 12.4. The summed E-state index contributed by atoms with van der Waals surface area (Å²) in [6.45, 7) is 4.04. The highest BCUT2D eigenvalue weighted by atomic mass is 32.2. The van der Waals surface area contributed by atoms with Crippen LogP contribution in [0.2, 0.25) is 0 Å². The molecule has 0 atom stereocenters. The number of amides is 1. The van der Waals surface area contributed by atoms with Crippen molar-refractivity contribution in [3.05, 3.63) is 45.3 Å². The Morgan fingerprint density at radius 1 is 1.32 bits per heavy atom. The van der Waals surface area contributed by atoms with Gasteiger partial charge < -0.3 is 5.32 Å². The van der Waals surface area contributed by atoms with Gasteiger partial charge in [0.15, 0.2) is 0 Å². The molecule has 0 radical (unpaired) electrons. The van der Waals surface area contributed by atoms with E-state index >= 15 is 0 Å². The number of fused-ring (bicyclic) bond motifs is 1. The molecule has 3 aromatic rings. The van der Waals surface area contributed by atoms with Crippen molar-refractivity contribution in [1.29, 1.82) is 5.26 Å². The quantitative estimate of drug-likeness (QED) is 0.647. The third-order valence-electron chi connectivity index (χ3n) is 4.51. The molecule has 7 nitrogen and oxygen atoms in total. The van der Waals surface area contributed by atoms with Crippen LogP contribution in [0.25, 0.3) is 5.69 Å². The summed E-state index contributed by atoms with van der Waals surface area (Å²) < 4.78 is 1.64. The molecule has 4 rings (SSSR count). The number of carbonyl (C=O) groups is 1. The van der Waals surface area contributed by atoms with E-state index in [1.54, 1.807) is 4.68 Å². The number of benzene rings is 1. The van der Waals surface area contributed by atoms with Gasteiger partial charge in [0, 0.05) is 4.88 Å². The van der Waals surface area contributed by atoms with E-state index in [9.17, 15) is 10.1 Å². The van der Waals surface area contributed by atoms with Gasteiger partial charge in [-0.1, -0.05) is 17.8 Å². The predicted octanol–water partition coefficient (Wildman–Crippen LogP) is 3.43. The topological polar surface area (TPSA) is 96.5 Å². The third kappa shape index (κ3) is 3.66. The zero-order valence-electron chi connectivity index (χ0n) is 15.5. The van der Waals surface area contributed by atoms with Crippen LogP contribution in [0.5, 0.6) is 0 Å². The first-order valence-corrected chi connectivity index (χ1v) is 10.7. The molecule has 0 unspecified atom stereocenters. The number of nitriles is 1. The summed E-state index contributed by atoms with van der Waals surface area (Å²) >= 11 is 2.79. The van der Waals surface area contributed by atoms with Crippen LogP contribution in [0.3, 0.4) is 0 Å². The minimum absolute atomic E-state index is 0.165. The van der Waals surface area contributed by atoms with Crippen molar-refractivity contribution < 1.29 is 4.79 Å². The van der Waals surface area contributed by atoms with E-state index in [-0.39, 0.29) is 11.7 Å². The number of aromatic nitrogens is 4. The summed E-state index contributed by atoms with van der Waals surface area (Å²) in [4.78, 5) is 13.7. The number of anilines is 1. The Labute approximate surface area is 170 Å². The molecule has 2 heterocycles. The van der Waals surface area contributed by atoms with Crippen LogP contribution in [0.4, 0.5) is 5.00 Å². The molecule has 1 aromatic carbocycles. The van der Waals surface area contributed by atoms with Crippen LogP contribution in [-0.4, -0.2) is 31.9 Å². The summed E-state index contributed by atoms with van der Waals surface area (Å²) in [5.41, 5.74) is 4.83. The highest BCUT2D eigenvalue weighted by molar-refractivity contribution is 7.99. The van der Waals surface area contributed by atoms with E-state index in [0.717, 1.165) is 41.6 Å².